The van der Waals surface area contributed by atoms with Crippen molar-refractivity contribution in [2.45, 2.75) is 39.7 Å². The largest absolute Gasteiger partial charge is 0.491 e. The molecular weight excluding hydrogens is 210 g/mol. The highest BCUT2D eigenvalue weighted by atomic mass is 16.5. The summed E-state index contributed by atoms with van der Waals surface area (Å²) in [4.78, 5) is 0. The number of hydrogen-bond acceptors (Lipinski definition) is 2. The fourth-order valence-corrected chi connectivity index (χ4v) is 1.96. The summed E-state index contributed by atoms with van der Waals surface area (Å²) in [6.45, 7) is 7.43. The first-order valence-electron chi connectivity index (χ1n) is 6.55. The predicted molar refractivity (Wildman–Crippen MR) is 73.6 cm³/mol. The van der Waals surface area contributed by atoms with Crippen LogP contribution in [0, 0.1) is 5.92 Å². The molecular formula is C15H25NO. The molecule has 0 heterocycles. The van der Waals surface area contributed by atoms with Gasteiger partial charge in [0.25, 0.3) is 0 Å². The second-order valence-electron chi connectivity index (χ2n) is 4.85. The summed E-state index contributed by atoms with van der Waals surface area (Å²) < 4.78 is 5.64. The van der Waals surface area contributed by atoms with Crippen LogP contribution in [0.15, 0.2) is 24.3 Å². The van der Waals surface area contributed by atoms with Gasteiger partial charge in [0.2, 0.25) is 0 Å². The Balaban J connectivity index is 2.54. The van der Waals surface area contributed by atoms with Crippen LogP contribution in [0.5, 0.6) is 5.75 Å². The molecule has 0 aromatic heterocycles. The average Bonchev–Trinajstić information content (AvgIpc) is 2.30. The molecule has 2 heteroatoms. The highest BCUT2D eigenvalue weighted by molar-refractivity contribution is 5.27. The van der Waals surface area contributed by atoms with E-state index in [4.69, 9.17) is 4.74 Å². The van der Waals surface area contributed by atoms with Gasteiger partial charge in [0, 0.05) is 0 Å². The van der Waals surface area contributed by atoms with Gasteiger partial charge in [0.1, 0.15) is 5.75 Å². The topological polar surface area (TPSA) is 21.3 Å². The van der Waals surface area contributed by atoms with E-state index in [1.807, 2.05) is 20.9 Å². The molecule has 0 aliphatic heterocycles. The fourth-order valence-electron chi connectivity index (χ4n) is 1.96. The molecule has 1 N–H and O–H groups in total. The van der Waals surface area contributed by atoms with Gasteiger partial charge in [-0.1, -0.05) is 25.5 Å². The summed E-state index contributed by atoms with van der Waals surface area (Å²) in [7, 11) is 2.02. The van der Waals surface area contributed by atoms with Crippen molar-refractivity contribution in [1.29, 1.82) is 0 Å². The summed E-state index contributed by atoms with van der Waals surface area (Å²) in [5.74, 6) is 1.68. The lowest BCUT2D eigenvalue weighted by atomic mass is 9.97. The zero-order valence-corrected chi connectivity index (χ0v) is 11.5. The van der Waals surface area contributed by atoms with Crippen molar-refractivity contribution in [3.63, 3.8) is 0 Å². The number of ether oxygens (including phenoxy) is 1. The quantitative estimate of drug-likeness (QED) is 0.783. The third-order valence-corrected chi connectivity index (χ3v) is 2.89. The Morgan fingerprint density at radius 2 is 1.82 bits per heavy atom. The minimum absolute atomic E-state index is 0.244. The van der Waals surface area contributed by atoms with Crippen LogP contribution in [0.1, 0.15) is 32.8 Å². The predicted octanol–water partition coefficient (Wildman–Crippen LogP) is 3.26. The van der Waals surface area contributed by atoms with Gasteiger partial charge in [0.05, 0.1) is 6.10 Å². The van der Waals surface area contributed by atoms with Gasteiger partial charge in [-0.05, 0) is 57.5 Å². The summed E-state index contributed by atoms with van der Waals surface area (Å²) in [6, 6.07) is 8.49. The minimum Gasteiger partial charge on any atom is -0.491 e. The van der Waals surface area contributed by atoms with Crippen LogP contribution >= 0.6 is 0 Å². The minimum atomic E-state index is 0.244. The van der Waals surface area contributed by atoms with Gasteiger partial charge in [-0.3, -0.25) is 0 Å². The van der Waals surface area contributed by atoms with Gasteiger partial charge in [-0.2, -0.15) is 0 Å². The molecule has 1 aromatic carbocycles. The average molecular weight is 235 g/mol. The molecule has 0 amide bonds. The van der Waals surface area contributed by atoms with E-state index in [9.17, 15) is 0 Å². The molecule has 0 aliphatic rings. The van der Waals surface area contributed by atoms with Crippen molar-refractivity contribution >= 4 is 0 Å². The number of benzene rings is 1. The first-order valence-corrected chi connectivity index (χ1v) is 6.55. The Labute approximate surface area is 105 Å². The molecule has 1 atom stereocenters. The maximum atomic E-state index is 5.64. The van der Waals surface area contributed by atoms with Crippen LogP contribution in [-0.2, 0) is 6.42 Å². The monoisotopic (exact) mass is 235 g/mol. The molecule has 2 nitrogen and oxygen atoms in total. The van der Waals surface area contributed by atoms with E-state index in [1.165, 1.54) is 12.0 Å². The van der Waals surface area contributed by atoms with E-state index in [0.29, 0.717) is 0 Å². The van der Waals surface area contributed by atoms with Crippen molar-refractivity contribution < 1.29 is 4.74 Å². The molecule has 17 heavy (non-hydrogen) atoms. The third kappa shape index (κ3) is 5.22. The van der Waals surface area contributed by atoms with Crippen LogP contribution in [0.25, 0.3) is 0 Å². The molecule has 0 saturated heterocycles. The standard InChI is InChI=1S/C15H25NO/c1-5-13(11-16-4)10-14-6-8-15(9-7-14)17-12(2)3/h6-9,12-13,16H,5,10-11H2,1-4H3. The zero-order valence-electron chi connectivity index (χ0n) is 11.5. The van der Waals surface area contributed by atoms with Gasteiger partial charge in [-0.25, -0.2) is 0 Å². The Kier molecular flexibility index (Phi) is 6.06. The SMILES string of the molecule is CCC(CNC)Cc1ccc(OC(C)C)cc1. The second-order valence-corrected chi connectivity index (χ2v) is 4.85. The molecule has 1 rings (SSSR count). The fraction of sp³-hybridized carbons (Fsp3) is 0.600. The number of rotatable bonds is 7. The maximum absolute atomic E-state index is 5.64. The molecule has 0 spiro atoms. The van der Waals surface area contributed by atoms with Crippen molar-refractivity contribution in [1.82, 2.24) is 5.32 Å². The summed E-state index contributed by atoms with van der Waals surface area (Å²) >= 11 is 0. The van der Waals surface area contributed by atoms with Crippen LogP contribution < -0.4 is 10.1 Å². The van der Waals surface area contributed by atoms with E-state index >= 15 is 0 Å². The molecule has 0 aliphatic carbocycles. The molecule has 96 valence electrons. The Morgan fingerprint density at radius 3 is 2.29 bits per heavy atom. The van der Waals surface area contributed by atoms with Crippen LogP contribution in [0.3, 0.4) is 0 Å². The van der Waals surface area contributed by atoms with E-state index < -0.39 is 0 Å². The normalized spacial score (nSPS) is 12.8. The lowest BCUT2D eigenvalue weighted by Gasteiger charge is -2.15. The van der Waals surface area contributed by atoms with Crippen LogP contribution in [0.4, 0.5) is 0 Å². The molecule has 1 aromatic rings. The highest BCUT2D eigenvalue weighted by Crippen LogP contribution is 2.17. The maximum Gasteiger partial charge on any atom is 0.119 e. The summed E-state index contributed by atoms with van der Waals surface area (Å²) in [5.41, 5.74) is 1.39. The Bertz CT molecular complexity index is 305. The Morgan fingerprint density at radius 1 is 1.18 bits per heavy atom. The third-order valence-electron chi connectivity index (χ3n) is 2.89. The highest BCUT2D eigenvalue weighted by Gasteiger charge is 2.06. The molecule has 0 fully saturated rings. The van der Waals surface area contributed by atoms with Crippen LogP contribution in [0.2, 0.25) is 0 Å². The van der Waals surface area contributed by atoms with E-state index in [-0.39, 0.29) is 6.10 Å². The van der Waals surface area contributed by atoms with Crippen molar-refractivity contribution in [3.05, 3.63) is 29.8 Å². The molecule has 0 saturated carbocycles. The molecule has 0 bridgehead atoms. The molecule has 0 radical (unpaired) electrons. The van der Waals surface area contributed by atoms with Crippen molar-refractivity contribution in [3.8, 4) is 5.75 Å². The molecule has 1 unspecified atom stereocenters. The van der Waals surface area contributed by atoms with E-state index in [0.717, 1.165) is 24.6 Å². The van der Waals surface area contributed by atoms with E-state index in [1.54, 1.807) is 0 Å². The number of nitrogens with one attached hydrogen (secondary N) is 1. The lowest BCUT2D eigenvalue weighted by molar-refractivity contribution is 0.242. The van der Waals surface area contributed by atoms with Crippen molar-refractivity contribution in [2.75, 3.05) is 13.6 Å². The Hall–Kier alpha value is -1.02. The lowest BCUT2D eigenvalue weighted by Crippen LogP contribution is -2.20. The summed E-state index contributed by atoms with van der Waals surface area (Å²) in [5, 5.41) is 3.25. The number of hydrogen-bond donors (Lipinski definition) is 1. The van der Waals surface area contributed by atoms with Gasteiger partial charge in [-0.15, -0.1) is 0 Å². The second kappa shape index (κ2) is 7.33. The smallest absolute Gasteiger partial charge is 0.119 e. The van der Waals surface area contributed by atoms with Gasteiger partial charge in [0.15, 0.2) is 0 Å². The zero-order chi connectivity index (χ0) is 12.7. The first kappa shape index (κ1) is 14.0. The van der Waals surface area contributed by atoms with Gasteiger partial charge >= 0.3 is 0 Å². The van der Waals surface area contributed by atoms with E-state index in [2.05, 4.69) is 36.5 Å². The van der Waals surface area contributed by atoms with Crippen LogP contribution in [-0.4, -0.2) is 19.7 Å². The van der Waals surface area contributed by atoms with Crippen molar-refractivity contribution in [2.24, 2.45) is 5.92 Å². The van der Waals surface area contributed by atoms with Gasteiger partial charge < -0.3 is 10.1 Å². The summed E-state index contributed by atoms with van der Waals surface area (Å²) in [6.07, 6.45) is 2.60. The first-order chi connectivity index (χ1) is 8.15.